The lowest BCUT2D eigenvalue weighted by atomic mass is 10.1. The third-order valence-corrected chi connectivity index (χ3v) is 1.88. The minimum Gasteiger partial charge on any atom is -0.506 e. The summed E-state index contributed by atoms with van der Waals surface area (Å²) in [7, 11) is 1.27. The van der Waals surface area contributed by atoms with Crippen LogP contribution in [0.3, 0.4) is 0 Å². The molecule has 0 saturated carbocycles. The molecule has 1 aromatic carbocycles. The molecular formula is C12H10O4. The predicted molar refractivity (Wildman–Crippen MR) is 57.0 cm³/mol. The van der Waals surface area contributed by atoms with Gasteiger partial charge in [-0.3, -0.25) is 9.59 Å². The monoisotopic (exact) mass is 218 g/mol. The van der Waals surface area contributed by atoms with Gasteiger partial charge >= 0.3 is 5.97 Å². The molecule has 1 N–H and O–H groups in total. The second kappa shape index (κ2) is 5.56. The molecule has 1 rings (SSSR count). The number of rotatable bonds is 2. The maximum absolute atomic E-state index is 10.8. The molecule has 1 aromatic rings. The van der Waals surface area contributed by atoms with E-state index in [1.807, 2.05) is 0 Å². The van der Waals surface area contributed by atoms with Crippen LogP contribution in [0.25, 0.3) is 0 Å². The number of carbonyl (C=O) groups excluding carboxylic acids is 2. The number of esters is 1. The molecular weight excluding hydrogens is 208 g/mol. The maximum Gasteiger partial charge on any atom is 0.317 e. The van der Waals surface area contributed by atoms with E-state index in [0.29, 0.717) is 11.8 Å². The van der Waals surface area contributed by atoms with Gasteiger partial charge in [0.2, 0.25) is 0 Å². The molecule has 82 valence electrons. The zero-order valence-electron chi connectivity index (χ0n) is 8.69. The number of hydrogen-bond acceptors (Lipinski definition) is 4. The van der Waals surface area contributed by atoms with Crippen LogP contribution in [0.1, 0.15) is 22.3 Å². The lowest BCUT2D eigenvalue weighted by Crippen LogP contribution is -1.97. The molecule has 0 aliphatic rings. The largest absolute Gasteiger partial charge is 0.506 e. The summed E-state index contributed by atoms with van der Waals surface area (Å²) in [6, 6.07) is 4.64. The van der Waals surface area contributed by atoms with Gasteiger partial charge in [0.05, 0.1) is 18.2 Å². The van der Waals surface area contributed by atoms with E-state index in [-0.39, 0.29) is 17.7 Å². The highest BCUT2D eigenvalue weighted by Gasteiger charge is 2.03. The standard InChI is InChI=1S/C12H10O4/c1-16-11(14)7-3-5-9-4-2-6-10(8-13)12(9)15/h2,4,6,8,15H,7H2,1H3. The van der Waals surface area contributed by atoms with Crippen LogP contribution in [0, 0.1) is 11.8 Å². The van der Waals surface area contributed by atoms with Crippen molar-refractivity contribution in [3.8, 4) is 17.6 Å². The molecule has 4 heteroatoms. The average molecular weight is 218 g/mol. The molecule has 0 amide bonds. The van der Waals surface area contributed by atoms with Gasteiger partial charge in [0.25, 0.3) is 0 Å². The number of aldehydes is 1. The van der Waals surface area contributed by atoms with Gasteiger partial charge in [-0.15, -0.1) is 0 Å². The zero-order valence-corrected chi connectivity index (χ0v) is 8.69. The molecule has 0 unspecified atom stereocenters. The number of ether oxygens (including phenoxy) is 1. The summed E-state index contributed by atoms with van der Waals surface area (Å²) in [5.41, 5.74) is 0.485. The number of para-hydroxylation sites is 1. The molecule has 0 aromatic heterocycles. The Kier molecular flexibility index (Phi) is 4.10. The second-order valence-corrected chi connectivity index (χ2v) is 2.92. The molecule has 0 fully saturated rings. The fourth-order valence-electron chi connectivity index (χ4n) is 1.04. The molecule has 0 heterocycles. The quantitative estimate of drug-likeness (QED) is 0.459. The lowest BCUT2D eigenvalue weighted by molar-refractivity contribution is -0.139. The number of aromatic hydroxyl groups is 1. The second-order valence-electron chi connectivity index (χ2n) is 2.92. The zero-order chi connectivity index (χ0) is 12.0. The summed E-state index contributed by atoms with van der Waals surface area (Å²) >= 11 is 0. The molecule has 0 atom stereocenters. The topological polar surface area (TPSA) is 63.6 Å². The molecule has 0 spiro atoms. The van der Waals surface area contributed by atoms with Crippen LogP contribution in [0.2, 0.25) is 0 Å². The van der Waals surface area contributed by atoms with Crippen molar-refractivity contribution < 1.29 is 19.4 Å². The van der Waals surface area contributed by atoms with Crippen LogP contribution in [0.4, 0.5) is 0 Å². The average Bonchev–Trinajstić information content (AvgIpc) is 2.31. The first kappa shape index (κ1) is 11.8. The SMILES string of the molecule is COC(=O)CC#Cc1cccc(C=O)c1O. The van der Waals surface area contributed by atoms with Crippen molar-refractivity contribution in [2.75, 3.05) is 7.11 Å². The van der Waals surface area contributed by atoms with E-state index >= 15 is 0 Å². The molecule has 0 aliphatic carbocycles. The van der Waals surface area contributed by atoms with Gasteiger partial charge in [-0.1, -0.05) is 17.9 Å². The lowest BCUT2D eigenvalue weighted by Gasteiger charge is -1.98. The highest BCUT2D eigenvalue weighted by molar-refractivity contribution is 5.81. The van der Waals surface area contributed by atoms with Crippen LogP contribution in [-0.2, 0) is 9.53 Å². The van der Waals surface area contributed by atoms with E-state index in [1.54, 1.807) is 12.1 Å². The predicted octanol–water partition coefficient (Wildman–Crippen LogP) is 1.12. The van der Waals surface area contributed by atoms with Gasteiger partial charge in [0.15, 0.2) is 6.29 Å². The number of phenols is 1. The van der Waals surface area contributed by atoms with E-state index < -0.39 is 5.97 Å². The van der Waals surface area contributed by atoms with Crippen LogP contribution >= 0.6 is 0 Å². The number of methoxy groups -OCH3 is 1. The summed E-state index contributed by atoms with van der Waals surface area (Å²) < 4.78 is 4.40. The fraction of sp³-hybridized carbons (Fsp3) is 0.167. The number of carbonyl (C=O) groups is 2. The van der Waals surface area contributed by atoms with Crippen molar-refractivity contribution in [1.29, 1.82) is 0 Å². The smallest absolute Gasteiger partial charge is 0.317 e. The highest BCUT2D eigenvalue weighted by Crippen LogP contribution is 2.19. The van der Waals surface area contributed by atoms with Crippen molar-refractivity contribution in [1.82, 2.24) is 0 Å². The Morgan fingerprint density at radius 3 is 2.94 bits per heavy atom. The molecule has 0 aliphatic heterocycles. The Morgan fingerprint density at radius 2 is 2.31 bits per heavy atom. The third-order valence-electron chi connectivity index (χ3n) is 1.88. The van der Waals surface area contributed by atoms with Gasteiger partial charge in [0.1, 0.15) is 12.2 Å². The van der Waals surface area contributed by atoms with Crippen molar-refractivity contribution in [2.24, 2.45) is 0 Å². The minimum atomic E-state index is -0.446. The van der Waals surface area contributed by atoms with Gasteiger partial charge in [0, 0.05) is 0 Å². The molecule has 0 bridgehead atoms. The number of phenolic OH excluding ortho intramolecular Hbond substituents is 1. The Labute approximate surface area is 92.9 Å². The van der Waals surface area contributed by atoms with Crippen molar-refractivity contribution in [3.63, 3.8) is 0 Å². The van der Waals surface area contributed by atoms with E-state index in [4.69, 9.17) is 0 Å². The highest BCUT2D eigenvalue weighted by atomic mass is 16.5. The van der Waals surface area contributed by atoms with Crippen LogP contribution in [0.15, 0.2) is 18.2 Å². The first-order chi connectivity index (χ1) is 7.69. The van der Waals surface area contributed by atoms with Gasteiger partial charge in [-0.25, -0.2) is 0 Å². The third kappa shape index (κ3) is 2.85. The summed E-state index contributed by atoms with van der Waals surface area (Å²) in [5.74, 6) is 4.52. The van der Waals surface area contributed by atoms with Crippen LogP contribution in [0.5, 0.6) is 5.75 Å². The van der Waals surface area contributed by atoms with E-state index in [9.17, 15) is 14.7 Å². The Balaban J connectivity index is 2.89. The Morgan fingerprint density at radius 1 is 1.56 bits per heavy atom. The number of benzene rings is 1. The summed E-state index contributed by atoms with van der Waals surface area (Å²) in [5, 5.41) is 9.56. The van der Waals surface area contributed by atoms with E-state index in [2.05, 4.69) is 16.6 Å². The minimum absolute atomic E-state index is 0.0543. The van der Waals surface area contributed by atoms with Crippen LogP contribution in [-0.4, -0.2) is 24.5 Å². The van der Waals surface area contributed by atoms with Gasteiger partial charge in [-0.05, 0) is 12.1 Å². The molecule has 0 radical (unpaired) electrons. The maximum atomic E-state index is 10.8. The van der Waals surface area contributed by atoms with E-state index in [0.717, 1.165) is 0 Å². The number of hydrogen-bond donors (Lipinski definition) is 1. The van der Waals surface area contributed by atoms with Crippen molar-refractivity contribution >= 4 is 12.3 Å². The normalized spacial score (nSPS) is 8.81. The molecule has 4 nitrogen and oxygen atoms in total. The van der Waals surface area contributed by atoms with E-state index in [1.165, 1.54) is 13.2 Å². The summed E-state index contributed by atoms with van der Waals surface area (Å²) in [6.07, 6.45) is 0.488. The Hall–Kier alpha value is -2.28. The summed E-state index contributed by atoms with van der Waals surface area (Å²) in [6.45, 7) is 0. The molecule has 0 saturated heterocycles. The van der Waals surface area contributed by atoms with Gasteiger partial charge < -0.3 is 9.84 Å². The van der Waals surface area contributed by atoms with Gasteiger partial charge in [-0.2, -0.15) is 0 Å². The first-order valence-electron chi connectivity index (χ1n) is 4.52. The van der Waals surface area contributed by atoms with Crippen molar-refractivity contribution in [3.05, 3.63) is 29.3 Å². The summed E-state index contributed by atoms with van der Waals surface area (Å²) in [4.78, 5) is 21.3. The fourth-order valence-corrected chi connectivity index (χ4v) is 1.04. The first-order valence-corrected chi connectivity index (χ1v) is 4.52. The van der Waals surface area contributed by atoms with Crippen molar-refractivity contribution in [2.45, 2.75) is 6.42 Å². The van der Waals surface area contributed by atoms with Crippen LogP contribution < -0.4 is 0 Å². The molecule has 16 heavy (non-hydrogen) atoms. The Bertz CT molecular complexity index is 466.